The van der Waals surface area contributed by atoms with Crippen LogP contribution in [0.25, 0.3) is 0 Å². The van der Waals surface area contributed by atoms with Crippen LogP contribution in [0.2, 0.25) is 0 Å². The SMILES string of the molecule is CC/C=C\C/C=C\C/C=C\C/C=C\C/C=C\CCCCCC(=O)OCC(COC(=O)CCCC/C=C\C/C=C\CC)OC(=O)CCCCCCCCCCCCCCCCCC. The highest BCUT2D eigenvalue weighted by atomic mass is 16.6. The number of carbonyl (C=O) groups excluding carboxylic acids is 3. The van der Waals surface area contributed by atoms with Gasteiger partial charge in [0.15, 0.2) is 6.10 Å². The molecule has 1 atom stereocenters. The summed E-state index contributed by atoms with van der Waals surface area (Å²) < 4.78 is 16.7. The fraction of sp³-hybridized carbons (Fsp3) is 0.696. The Morgan fingerprint density at radius 1 is 0.339 bits per heavy atom. The zero-order valence-electron chi connectivity index (χ0n) is 40.4. The third-order valence-corrected chi connectivity index (χ3v) is 10.6. The number of carbonyl (C=O) groups is 3. The second-order valence-corrected chi connectivity index (χ2v) is 16.7. The third-order valence-electron chi connectivity index (χ3n) is 10.6. The number of allylic oxidation sites excluding steroid dienone is 14. The minimum absolute atomic E-state index is 0.103. The van der Waals surface area contributed by atoms with Crippen LogP contribution in [-0.2, 0) is 28.6 Å². The van der Waals surface area contributed by atoms with E-state index in [0.717, 1.165) is 109 Å². The molecule has 6 heteroatoms. The van der Waals surface area contributed by atoms with E-state index in [1.165, 1.54) is 83.5 Å². The van der Waals surface area contributed by atoms with Crippen molar-refractivity contribution in [3.63, 3.8) is 0 Å². The summed E-state index contributed by atoms with van der Waals surface area (Å²) in [5.74, 6) is -0.969. The van der Waals surface area contributed by atoms with Gasteiger partial charge in [-0.05, 0) is 89.9 Å². The van der Waals surface area contributed by atoms with Crippen molar-refractivity contribution in [2.24, 2.45) is 0 Å². The van der Waals surface area contributed by atoms with Gasteiger partial charge in [-0.2, -0.15) is 0 Å². The van der Waals surface area contributed by atoms with Gasteiger partial charge < -0.3 is 14.2 Å². The predicted molar refractivity (Wildman–Crippen MR) is 265 cm³/mol. The summed E-state index contributed by atoms with van der Waals surface area (Å²) in [5.41, 5.74) is 0. The summed E-state index contributed by atoms with van der Waals surface area (Å²) in [6.07, 6.45) is 64.4. The van der Waals surface area contributed by atoms with E-state index in [1.807, 2.05) is 0 Å². The van der Waals surface area contributed by atoms with E-state index in [9.17, 15) is 14.4 Å². The molecular weight excluding hydrogens is 769 g/mol. The maximum atomic E-state index is 12.8. The van der Waals surface area contributed by atoms with Gasteiger partial charge in [0.05, 0.1) is 0 Å². The molecule has 0 aromatic heterocycles. The van der Waals surface area contributed by atoms with Gasteiger partial charge >= 0.3 is 17.9 Å². The first kappa shape index (κ1) is 58.6. The van der Waals surface area contributed by atoms with Crippen molar-refractivity contribution in [2.45, 2.75) is 239 Å². The average molecular weight is 863 g/mol. The van der Waals surface area contributed by atoms with Crippen LogP contribution in [0.3, 0.4) is 0 Å². The van der Waals surface area contributed by atoms with Gasteiger partial charge in [0, 0.05) is 19.3 Å². The van der Waals surface area contributed by atoms with Crippen LogP contribution in [0.5, 0.6) is 0 Å². The lowest BCUT2D eigenvalue weighted by Crippen LogP contribution is -2.30. The second-order valence-electron chi connectivity index (χ2n) is 16.7. The first-order valence-electron chi connectivity index (χ1n) is 25.6. The monoisotopic (exact) mass is 863 g/mol. The van der Waals surface area contributed by atoms with Gasteiger partial charge in [-0.25, -0.2) is 0 Å². The lowest BCUT2D eigenvalue weighted by molar-refractivity contribution is -0.167. The fourth-order valence-corrected chi connectivity index (χ4v) is 6.86. The number of esters is 3. The lowest BCUT2D eigenvalue weighted by Gasteiger charge is -2.18. The summed E-state index contributed by atoms with van der Waals surface area (Å²) >= 11 is 0. The van der Waals surface area contributed by atoms with E-state index < -0.39 is 6.10 Å². The molecule has 0 radical (unpaired) electrons. The largest absolute Gasteiger partial charge is 0.462 e. The molecule has 0 spiro atoms. The van der Waals surface area contributed by atoms with Gasteiger partial charge in [-0.1, -0.05) is 209 Å². The standard InChI is InChI=1S/C56H94O6/c1-4-7-10-13-16-19-21-23-25-27-28-29-31-32-34-37-40-43-46-49-55(58)61-52-53(51-60-54(57)48-45-42-39-36-18-15-12-9-6-3)62-56(59)50-47-44-41-38-35-33-30-26-24-22-20-17-14-11-8-5-2/h7,9-10,12,16,18-19,23,25,28-29,32,34,36,53H,4-6,8,11,13-15,17,20-22,24,26-27,30-31,33,35,37-52H2,1-3H3/b10-7-,12-9-,19-16-,25-23-,29-28-,34-32-,36-18-. The number of hydrogen-bond donors (Lipinski definition) is 0. The molecule has 1 unspecified atom stereocenters. The van der Waals surface area contributed by atoms with E-state index in [2.05, 4.69) is 106 Å². The minimum Gasteiger partial charge on any atom is -0.462 e. The molecule has 62 heavy (non-hydrogen) atoms. The maximum absolute atomic E-state index is 12.8. The Hall–Kier alpha value is -3.41. The van der Waals surface area contributed by atoms with Gasteiger partial charge in [0.25, 0.3) is 0 Å². The molecule has 0 amide bonds. The zero-order chi connectivity index (χ0) is 45.1. The summed E-state index contributed by atoms with van der Waals surface area (Å²) in [5, 5.41) is 0. The van der Waals surface area contributed by atoms with Gasteiger partial charge in [0.2, 0.25) is 0 Å². The van der Waals surface area contributed by atoms with Crippen LogP contribution in [0.15, 0.2) is 85.1 Å². The fourth-order valence-electron chi connectivity index (χ4n) is 6.86. The molecule has 0 aromatic rings. The van der Waals surface area contributed by atoms with E-state index in [1.54, 1.807) is 0 Å². The van der Waals surface area contributed by atoms with Crippen molar-refractivity contribution >= 4 is 17.9 Å². The van der Waals surface area contributed by atoms with E-state index in [4.69, 9.17) is 14.2 Å². The van der Waals surface area contributed by atoms with Crippen LogP contribution in [-0.4, -0.2) is 37.2 Å². The van der Waals surface area contributed by atoms with Crippen LogP contribution >= 0.6 is 0 Å². The van der Waals surface area contributed by atoms with E-state index in [-0.39, 0.29) is 31.1 Å². The Morgan fingerprint density at radius 3 is 1.02 bits per heavy atom. The summed E-state index contributed by atoms with van der Waals surface area (Å²) in [7, 11) is 0. The Bertz CT molecular complexity index is 1220. The van der Waals surface area contributed by atoms with Crippen LogP contribution in [0.1, 0.15) is 233 Å². The molecule has 0 N–H and O–H groups in total. The van der Waals surface area contributed by atoms with Gasteiger partial charge in [0.1, 0.15) is 13.2 Å². The average Bonchev–Trinajstić information content (AvgIpc) is 3.27. The maximum Gasteiger partial charge on any atom is 0.306 e. The van der Waals surface area contributed by atoms with E-state index >= 15 is 0 Å². The Labute approximate surface area is 382 Å². The Balaban J connectivity index is 4.39. The quantitative estimate of drug-likeness (QED) is 0.0263. The predicted octanol–water partition coefficient (Wildman–Crippen LogP) is 16.8. The molecule has 0 aliphatic rings. The highest BCUT2D eigenvalue weighted by Crippen LogP contribution is 2.15. The van der Waals surface area contributed by atoms with Crippen molar-refractivity contribution in [1.29, 1.82) is 0 Å². The molecule has 0 bridgehead atoms. The van der Waals surface area contributed by atoms with Crippen LogP contribution < -0.4 is 0 Å². The second kappa shape index (κ2) is 50.2. The molecule has 0 saturated carbocycles. The van der Waals surface area contributed by atoms with Gasteiger partial charge in [-0.15, -0.1) is 0 Å². The normalized spacial score (nSPS) is 12.8. The Kier molecular flexibility index (Phi) is 47.5. The molecule has 0 saturated heterocycles. The highest BCUT2D eigenvalue weighted by molar-refractivity contribution is 5.71. The van der Waals surface area contributed by atoms with Crippen LogP contribution in [0, 0.1) is 0 Å². The smallest absolute Gasteiger partial charge is 0.306 e. The van der Waals surface area contributed by atoms with Gasteiger partial charge in [-0.3, -0.25) is 14.4 Å². The lowest BCUT2D eigenvalue weighted by atomic mass is 10.0. The van der Waals surface area contributed by atoms with Crippen molar-refractivity contribution in [2.75, 3.05) is 13.2 Å². The molecule has 0 aliphatic heterocycles. The molecule has 0 aliphatic carbocycles. The van der Waals surface area contributed by atoms with E-state index in [0.29, 0.717) is 19.3 Å². The highest BCUT2D eigenvalue weighted by Gasteiger charge is 2.19. The first-order chi connectivity index (χ1) is 30.5. The Morgan fingerprint density at radius 2 is 0.629 bits per heavy atom. The number of hydrogen-bond acceptors (Lipinski definition) is 6. The van der Waals surface area contributed by atoms with Crippen molar-refractivity contribution in [1.82, 2.24) is 0 Å². The molecule has 0 heterocycles. The molecule has 0 aromatic carbocycles. The number of unbranched alkanes of at least 4 members (excludes halogenated alkanes) is 20. The summed E-state index contributed by atoms with van der Waals surface area (Å²) in [4.78, 5) is 37.9. The van der Waals surface area contributed by atoms with Crippen molar-refractivity contribution in [3.05, 3.63) is 85.1 Å². The summed E-state index contributed by atoms with van der Waals surface area (Å²) in [6.45, 7) is 6.34. The first-order valence-corrected chi connectivity index (χ1v) is 25.6. The minimum atomic E-state index is -0.800. The molecular formula is C56H94O6. The molecule has 0 fully saturated rings. The topological polar surface area (TPSA) is 78.9 Å². The number of rotatable bonds is 45. The van der Waals surface area contributed by atoms with Crippen molar-refractivity contribution < 1.29 is 28.6 Å². The summed E-state index contributed by atoms with van der Waals surface area (Å²) in [6, 6.07) is 0. The number of ether oxygens (including phenoxy) is 3. The third kappa shape index (κ3) is 47.6. The molecule has 0 rings (SSSR count). The molecule has 354 valence electrons. The zero-order valence-corrected chi connectivity index (χ0v) is 40.4. The van der Waals surface area contributed by atoms with Crippen LogP contribution in [0.4, 0.5) is 0 Å². The molecule has 6 nitrogen and oxygen atoms in total. The van der Waals surface area contributed by atoms with Crippen molar-refractivity contribution in [3.8, 4) is 0 Å².